The van der Waals surface area contributed by atoms with Gasteiger partial charge >= 0.3 is 0 Å². The number of nitrogens with zero attached hydrogens (tertiary/aromatic N) is 3. The highest BCUT2D eigenvalue weighted by Gasteiger charge is 1.99. The van der Waals surface area contributed by atoms with E-state index < -0.39 is 0 Å². The molecule has 0 fully saturated rings. The topological polar surface area (TPSA) is 44.6 Å². The van der Waals surface area contributed by atoms with Crippen molar-refractivity contribution in [3.8, 4) is 0 Å². The SMILES string of the molecule is CCNC(=NCc1ccc(N(C)C)cc1)NCCn1cccc1.I. The number of aliphatic imine (C=N–C) groups is 1. The van der Waals surface area contributed by atoms with E-state index in [0.717, 1.165) is 25.6 Å². The van der Waals surface area contributed by atoms with Crippen LogP contribution in [0.1, 0.15) is 12.5 Å². The third-order valence-corrected chi connectivity index (χ3v) is 3.55. The predicted molar refractivity (Wildman–Crippen MR) is 113 cm³/mol. The lowest BCUT2D eigenvalue weighted by molar-refractivity contribution is 0.666. The maximum atomic E-state index is 4.65. The molecule has 0 saturated heterocycles. The third-order valence-electron chi connectivity index (χ3n) is 3.55. The summed E-state index contributed by atoms with van der Waals surface area (Å²) in [4.78, 5) is 6.75. The minimum absolute atomic E-state index is 0. The molecule has 2 aromatic rings. The molecular formula is C18H28IN5. The lowest BCUT2D eigenvalue weighted by atomic mass is 10.2. The van der Waals surface area contributed by atoms with Crippen LogP contribution in [0.2, 0.25) is 0 Å². The first-order valence-electron chi connectivity index (χ1n) is 8.08. The van der Waals surface area contributed by atoms with Gasteiger partial charge in [-0.25, -0.2) is 4.99 Å². The predicted octanol–water partition coefficient (Wildman–Crippen LogP) is 2.93. The van der Waals surface area contributed by atoms with Crippen LogP contribution < -0.4 is 15.5 Å². The second-order valence-electron chi connectivity index (χ2n) is 5.60. The molecule has 0 amide bonds. The summed E-state index contributed by atoms with van der Waals surface area (Å²) in [5.41, 5.74) is 2.41. The molecule has 6 heteroatoms. The number of hydrogen-bond donors (Lipinski definition) is 2. The molecule has 0 spiro atoms. The number of halogens is 1. The lowest BCUT2D eigenvalue weighted by Crippen LogP contribution is -2.38. The molecule has 0 saturated carbocycles. The zero-order valence-corrected chi connectivity index (χ0v) is 17.0. The van der Waals surface area contributed by atoms with Crippen LogP contribution >= 0.6 is 24.0 Å². The Morgan fingerprint density at radius 3 is 2.33 bits per heavy atom. The van der Waals surface area contributed by atoms with Crippen molar-refractivity contribution in [1.29, 1.82) is 0 Å². The second kappa shape index (κ2) is 11.0. The number of anilines is 1. The monoisotopic (exact) mass is 441 g/mol. The van der Waals surface area contributed by atoms with Crippen LogP contribution in [-0.4, -0.2) is 37.7 Å². The van der Waals surface area contributed by atoms with Crippen LogP contribution in [0.4, 0.5) is 5.69 Å². The summed E-state index contributed by atoms with van der Waals surface area (Å²) >= 11 is 0. The molecule has 0 atom stereocenters. The molecule has 0 aliphatic rings. The van der Waals surface area contributed by atoms with Crippen LogP contribution in [0.3, 0.4) is 0 Å². The summed E-state index contributed by atoms with van der Waals surface area (Å²) in [6, 6.07) is 12.6. The van der Waals surface area contributed by atoms with E-state index in [1.165, 1.54) is 11.3 Å². The van der Waals surface area contributed by atoms with E-state index in [0.29, 0.717) is 6.54 Å². The minimum Gasteiger partial charge on any atom is -0.378 e. The fraction of sp³-hybridized carbons (Fsp3) is 0.389. The van der Waals surface area contributed by atoms with E-state index in [2.05, 4.69) is 68.7 Å². The summed E-state index contributed by atoms with van der Waals surface area (Å²) in [6.45, 7) is 5.38. The molecule has 1 aromatic carbocycles. The van der Waals surface area contributed by atoms with Gasteiger partial charge in [0.05, 0.1) is 6.54 Å². The Bertz CT molecular complexity index is 590. The number of aromatic nitrogens is 1. The van der Waals surface area contributed by atoms with Gasteiger partial charge in [0.25, 0.3) is 0 Å². The average Bonchev–Trinajstić information content (AvgIpc) is 3.06. The van der Waals surface area contributed by atoms with Gasteiger partial charge in [0.2, 0.25) is 0 Å². The molecule has 0 unspecified atom stereocenters. The minimum atomic E-state index is 0. The van der Waals surface area contributed by atoms with Crippen molar-refractivity contribution < 1.29 is 0 Å². The van der Waals surface area contributed by atoms with Gasteiger partial charge in [0.15, 0.2) is 5.96 Å². The molecule has 0 bridgehead atoms. The van der Waals surface area contributed by atoms with Crippen molar-refractivity contribution in [2.45, 2.75) is 20.0 Å². The van der Waals surface area contributed by atoms with Crippen molar-refractivity contribution in [1.82, 2.24) is 15.2 Å². The first kappa shape index (κ1) is 20.3. The molecule has 132 valence electrons. The molecule has 5 nitrogen and oxygen atoms in total. The lowest BCUT2D eigenvalue weighted by Gasteiger charge is -2.13. The van der Waals surface area contributed by atoms with Crippen LogP contribution in [0, 0.1) is 0 Å². The standard InChI is InChI=1S/C18H27N5.HI/c1-4-19-18(20-11-14-23-12-5-6-13-23)21-15-16-7-9-17(10-8-16)22(2)3;/h5-10,12-13H,4,11,14-15H2,1-3H3,(H2,19,20,21);1H. The molecule has 0 aliphatic heterocycles. The van der Waals surface area contributed by atoms with Gasteiger partial charge in [-0.05, 0) is 36.8 Å². The fourth-order valence-corrected chi connectivity index (χ4v) is 2.23. The van der Waals surface area contributed by atoms with E-state index in [1.807, 2.05) is 26.2 Å². The Morgan fingerprint density at radius 2 is 1.75 bits per heavy atom. The Labute approximate surface area is 162 Å². The molecule has 2 N–H and O–H groups in total. The Morgan fingerprint density at radius 1 is 1.08 bits per heavy atom. The molecule has 2 rings (SSSR count). The number of nitrogens with one attached hydrogen (secondary N) is 2. The normalized spacial score (nSPS) is 10.9. The second-order valence-corrected chi connectivity index (χ2v) is 5.60. The molecule has 24 heavy (non-hydrogen) atoms. The molecule has 1 heterocycles. The summed E-state index contributed by atoms with van der Waals surface area (Å²) in [5.74, 6) is 0.858. The highest BCUT2D eigenvalue weighted by Crippen LogP contribution is 2.12. The van der Waals surface area contributed by atoms with Crippen LogP contribution in [-0.2, 0) is 13.1 Å². The van der Waals surface area contributed by atoms with Crippen LogP contribution in [0.25, 0.3) is 0 Å². The molecule has 0 aliphatic carbocycles. The smallest absolute Gasteiger partial charge is 0.191 e. The maximum absolute atomic E-state index is 4.65. The van der Waals surface area contributed by atoms with Crippen LogP contribution in [0.15, 0.2) is 53.8 Å². The Hall–Kier alpha value is -1.70. The first-order chi connectivity index (χ1) is 11.2. The quantitative estimate of drug-likeness (QED) is 0.395. The maximum Gasteiger partial charge on any atom is 0.191 e. The van der Waals surface area contributed by atoms with Gasteiger partial charge < -0.3 is 20.1 Å². The summed E-state index contributed by atoms with van der Waals surface area (Å²) in [7, 11) is 4.09. The number of guanidine groups is 1. The molecular weight excluding hydrogens is 413 g/mol. The summed E-state index contributed by atoms with van der Waals surface area (Å²) in [5, 5.41) is 6.65. The van der Waals surface area contributed by atoms with Crippen molar-refractivity contribution in [2.24, 2.45) is 4.99 Å². The number of benzene rings is 1. The Balaban J connectivity index is 0.00000288. The zero-order chi connectivity index (χ0) is 16.5. The van der Waals surface area contributed by atoms with E-state index in [9.17, 15) is 0 Å². The highest BCUT2D eigenvalue weighted by molar-refractivity contribution is 14.0. The van der Waals surface area contributed by atoms with Crippen molar-refractivity contribution in [3.63, 3.8) is 0 Å². The Kier molecular flexibility index (Phi) is 9.29. The van der Waals surface area contributed by atoms with E-state index in [4.69, 9.17) is 0 Å². The fourth-order valence-electron chi connectivity index (χ4n) is 2.23. The van der Waals surface area contributed by atoms with Gasteiger partial charge in [-0.15, -0.1) is 24.0 Å². The number of rotatable bonds is 7. The van der Waals surface area contributed by atoms with Gasteiger partial charge in [0.1, 0.15) is 0 Å². The van der Waals surface area contributed by atoms with E-state index >= 15 is 0 Å². The third kappa shape index (κ3) is 6.82. The van der Waals surface area contributed by atoms with Gasteiger partial charge in [-0.3, -0.25) is 0 Å². The van der Waals surface area contributed by atoms with Gasteiger partial charge in [-0.2, -0.15) is 0 Å². The first-order valence-corrected chi connectivity index (χ1v) is 8.08. The van der Waals surface area contributed by atoms with Crippen molar-refractivity contribution in [2.75, 3.05) is 32.1 Å². The summed E-state index contributed by atoms with van der Waals surface area (Å²) in [6.07, 6.45) is 4.14. The zero-order valence-electron chi connectivity index (χ0n) is 14.7. The number of hydrogen-bond acceptors (Lipinski definition) is 2. The summed E-state index contributed by atoms with van der Waals surface area (Å²) < 4.78 is 2.15. The van der Waals surface area contributed by atoms with E-state index in [-0.39, 0.29) is 24.0 Å². The van der Waals surface area contributed by atoms with Crippen molar-refractivity contribution in [3.05, 3.63) is 54.4 Å². The van der Waals surface area contributed by atoms with Gasteiger partial charge in [-0.1, -0.05) is 12.1 Å². The molecule has 0 radical (unpaired) electrons. The van der Waals surface area contributed by atoms with Gasteiger partial charge in [0, 0.05) is 51.8 Å². The van der Waals surface area contributed by atoms with E-state index in [1.54, 1.807) is 0 Å². The van der Waals surface area contributed by atoms with Crippen LogP contribution in [0.5, 0.6) is 0 Å². The highest BCUT2D eigenvalue weighted by atomic mass is 127. The average molecular weight is 441 g/mol. The largest absolute Gasteiger partial charge is 0.378 e. The molecule has 1 aromatic heterocycles. The van der Waals surface area contributed by atoms with Crippen molar-refractivity contribution >= 4 is 35.6 Å².